The number of carbonyl (C=O) groups is 1. The molecule has 0 aliphatic carbocycles. The van der Waals surface area contributed by atoms with Gasteiger partial charge in [-0.1, -0.05) is 30.3 Å². The molecule has 1 aliphatic rings. The van der Waals surface area contributed by atoms with Crippen molar-refractivity contribution >= 4 is 21.6 Å². The number of hydrogen-bond acceptors (Lipinski definition) is 5. The van der Waals surface area contributed by atoms with Gasteiger partial charge in [-0.15, -0.1) is 0 Å². The minimum absolute atomic E-state index is 0.0605. The lowest BCUT2D eigenvalue weighted by Crippen LogP contribution is -2.27. The summed E-state index contributed by atoms with van der Waals surface area (Å²) in [6, 6.07) is 17.0. The maximum absolute atomic E-state index is 13.1. The van der Waals surface area contributed by atoms with E-state index in [1.54, 1.807) is 31.2 Å². The number of anilines is 1. The van der Waals surface area contributed by atoms with E-state index in [9.17, 15) is 13.2 Å². The van der Waals surface area contributed by atoms with E-state index in [4.69, 9.17) is 9.47 Å². The van der Waals surface area contributed by atoms with Crippen LogP contribution in [-0.2, 0) is 10.0 Å². The fraction of sp³-hybridized carbons (Fsp3) is 0.240. The molecule has 1 atom stereocenters. The number of rotatable bonds is 6. The molecule has 3 aromatic carbocycles. The first kappa shape index (κ1) is 22.7. The molecule has 0 saturated carbocycles. The van der Waals surface area contributed by atoms with Crippen LogP contribution in [0.25, 0.3) is 0 Å². The maximum Gasteiger partial charge on any atom is 0.262 e. The normalized spacial score (nSPS) is 13.8. The summed E-state index contributed by atoms with van der Waals surface area (Å²) in [6.07, 6.45) is 0. The zero-order chi connectivity index (χ0) is 23.6. The van der Waals surface area contributed by atoms with Gasteiger partial charge in [-0.25, -0.2) is 8.42 Å². The Morgan fingerprint density at radius 2 is 1.64 bits per heavy atom. The van der Waals surface area contributed by atoms with Crippen LogP contribution >= 0.6 is 0 Å². The zero-order valence-corrected chi connectivity index (χ0v) is 19.5. The number of carbonyl (C=O) groups excluding carboxylic acids is 1. The number of benzene rings is 3. The number of nitrogens with one attached hydrogen (secondary N) is 2. The van der Waals surface area contributed by atoms with Gasteiger partial charge in [0.15, 0.2) is 11.5 Å². The van der Waals surface area contributed by atoms with E-state index >= 15 is 0 Å². The van der Waals surface area contributed by atoms with Gasteiger partial charge in [0.05, 0.1) is 16.6 Å². The van der Waals surface area contributed by atoms with Gasteiger partial charge in [0.1, 0.15) is 13.2 Å². The molecular formula is C25H26N2O5S. The highest BCUT2D eigenvalue weighted by Crippen LogP contribution is 2.32. The van der Waals surface area contributed by atoms with Crippen LogP contribution in [0.2, 0.25) is 0 Å². The average Bonchev–Trinajstić information content (AvgIpc) is 2.80. The van der Waals surface area contributed by atoms with Crippen LogP contribution < -0.4 is 19.5 Å². The van der Waals surface area contributed by atoms with Gasteiger partial charge in [0.2, 0.25) is 0 Å². The fourth-order valence-corrected chi connectivity index (χ4v) is 5.01. The molecular weight excluding hydrogens is 440 g/mol. The second-order valence-corrected chi connectivity index (χ2v) is 9.65. The highest BCUT2D eigenvalue weighted by Gasteiger charge is 2.21. The monoisotopic (exact) mass is 466 g/mol. The van der Waals surface area contributed by atoms with Gasteiger partial charge >= 0.3 is 0 Å². The highest BCUT2D eigenvalue weighted by molar-refractivity contribution is 7.92. The van der Waals surface area contributed by atoms with Gasteiger partial charge in [-0.3, -0.25) is 9.52 Å². The lowest BCUT2D eigenvalue weighted by Gasteiger charge is -2.21. The summed E-state index contributed by atoms with van der Waals surface area (Å²) in [6.45, 7) is 6.37. The van der Waals surface area contributed by atoms with Crippen molar-refractivity contribution in [3.63, 3.8) is 0 Å². The molecule has 0 saturated heterocycles. The molecule has 172 valence electrons. The van der Waals surface area contributed by atoms with E-state index in [0.717, 1.165) is 11.1 Å². The lowest BCUT2D eigenvalue weighted by atomic mass is 10.1. The number of aryl methyl sites for hydroxylation is 2. The first-order chi connectivity index (χ1) is 15.7. The van der Waals surface area contributed by atoms with Crippen molar-refractivity contribution in [1.29, 1.82) is 0 Å². The Kier molecular flexibility index (Phi) is 6.29. The topological polar surface area (TPSA) is 93.7 Å². The van der Waals surface area contributed by atoms with E-state index in [-0.39, 0.29) is 22.4 Å². The van der Waals surface area contributed by atoms with Crippen LogP contribution in [0.4, 0.5) is 5.69 Å². The summed E-state index contributed by atoms with van der Waals surface area (Å²) in [5, 5.41) is 2.93. The van der Waals surface area contributed by atoms with Crippen LogP contribution in [0.5, 0.6) is 11.5 Å². The predicted molar refractivity (Wildman–Crippen MR) is 126 cm³/mol. The van der Waals surface area contributed by atoms with Crippen molar-refractivity contribution in [2.45, 2.75) is 31.7 Å². The minimum atomic E-state index is -3.87. The van der Waals surface area contributed by atoms with Crippen molar-refractivity contribution < 1.29 is 22.7 Å². The third-order valence-corrected chi connectivity index (χ3v) is 7.05. The third kappa shape index (κ3) is 4.96. The van der Waals surface area contributed by atoms with Crippen molar-refractivity contribution in [3.8, 4) is 11.5 Å². The largest absolute Gasteiger partial charge is 0.486 e. The minimum Gasteiger partial charge on any atom is -0.486 e. The summed E-state index contributed by atoms with van der Waals surface area (Å²) < 4.78 is 39.9. The van der Waals surface area contributed by atoms with Gasteiger partial charge in [0.25, 0.3) is 15.9 Å². The quantitative estimate of drug-likeness (QED) is 0.563. The molecule has 0 radical (unpaired) electrons. The molecule has 2 N–H and O–H groups in total. The lowest BCUT2D eigenvalue weighted by molar-refractivity contribution is 0.0939. The molecule has 33 heavy (non-hydrogen) atoms. The summed E-state index contributed by atoms with van der Waals surface area (Å²) in [4.78, 5) is 13.0. The Morgan fingerprint density at radius 1 is 0.909 bits per heavy atom. The third-order valence-electron chi connectivity index (χ3n) is 5.54. The maximum atomic E-state index is 13.1. The second-order valence-electron chi connectivity index (χ2n) is 8.00. The summed E-state index contributed by atoms with van der Waals surface area (Å²) >= 11 is 0. The standard InChI is InChI=1S/C25H26N2O5S/c1-16-6-4-5-7-21(16)27-33(29,30)24-15-20(9-8-17(24)2)25(28)26-18(3)19-10-11-22-23(14-19)32-13-12-31-22/h4-11,14-15,18,27H,12-13H2,1-3H3,(H,26,28). The SMILES string of the molecule is Cc1ccccc1NS(=O)(=O)c1cc(C(=O)NC(C)c2ccc3c(c2)OCCO3)ccc1C. The Balaban J connectivity index is 1.54. The van der Waals surface area contributed by atoms with Gasteiger partial charge in [-0.05, 0) is 67.8 Å². The smallest absolute Gasteiger partial charge is 0.262 e. The van der Waals surface area contributed by atoms with E-state index in [1.165, 1.54) is 6.07 Å². The highest BCUT2D eigenvalue weighted by atomic mass is 32.2. The van der Waals surface area contributed by atoms with Gasteiger partial charge in [0, 0.05) is 5.56 Å². The van der Waals surface area contributed by atoms with Gasteiger partial charge < -0.3 is 14.8 Å². The van der Waals surface area contributed by atoms with Crippen LogP contribution in [0.3, 0.4) is 0 Å². The number of fused-ring (bicyclic) bond motifs is 1. The van der Waals surface area contributed by atoms with E-state index in [2.05, 4.69) is 10.0 Å². The molecule has 0 fully saturated rings. The van der Waals surface area contributed by atoms with E-state index in [1.807, 2.05) is 44.2 Å². The first-order valence-electron chi connectivity index (χ1n) is 10.6. The van der Waals surface area contributed by atoms with Crippen molar-refractivity contribution in [1.82, 2.24) is 5.32 Å². The number of para-hydroxylation sites is 1. The zero-order valence-electron chi connectivity index (χ0n) is 18.7. The van der Waals surface area contributed by atoms with Crippen LogP contribution in [0.1, 0.15) is 40.0 Å². The van der Waals surface area contributed by atoms with E-state index in [0.29, 0.717) is 36.0 Å². The van der Waals surface area contributed by atoms with Crippen molar-refractivity contribution in [3.05, 3.63) is 82.9 Å². The Morgan fingerprint density at radius 3 is 2.39 bits per heavy atom. The summed E-state index contributed by atoms with van der Waals surface area (Å²) in [7, 11) is -3.87. The average molecular weight is 467 g/mol. The Labute approximate surface area is 193 Å². The van der Waals surface area contributed by atoms with Gasteiger partial charge in [-0.2, -0.15) is 0 Å². The molecule has 1 aliphatic heterocycles. The molecule has 1 amide bonds. The molecule has 4 rings (SSSR count). The number of hydrogen-bond donors (Lipinski definition) is 2. The Bertz CT molecular complexity index is 1300. The molecule has 0 aromatic heterocycles. The summed E-state index contributed by atoms with van der Waals surface area (Å²) in [5.41, 5.74) is 2.97. The molecule has 1 unspecified atom stereocenters. The second kappa shape index (κ2) is 9.15. The van der Waals surface area contributed by atoms with Crippen molar-refractivity contribution in [2.75, 3.05) is 17.9 Å². The van der Waals surface area contributed by atoms with Crippen LogP contribution in [0.15, 0.2) is 65.6 Å². The predicted octanol–water partition coefficient (Wildman–Crippen LogP) is 4.37. The number of amides is 1. The molecule has 0 bridgehead atoms. The molecule has 8 heteroatoms. The van der Waals surface area contributed by atoms with Crippen LogP contribution in [-0.4, -0.2) is 27.5 Å². The first-order valence-corrected chi connectivity index (χ1v) is 12.1. The molecule has 1 heterocycles. The number of sulfonamides is 1. The molecule has 3 aromatic rings. The summed E-state index contributed by atoms with van der Waals surface area (Å²) in [5.74, 6) is 0.952. The Hall–Kier alpha value is -3.52. The van der Waals surface area contributed by atoms with Crippen LogP contribution in [0, 0.1) is 13.8 Å². The number of ether oxygens (including phenoxy) is 2. The van der Waals surface area contributed by atoms with Crippen molar-refractivity contribution in [2.24, 2.45) is 0 Å². The van der Waals surface area contributed by atoms with E-state index < -0.39 is 10.0 Å². The molecule has 7 nitrogen and oxygen atoms in total. The fourth-order valence-electron chi connectivity index (χ4n) is 3.61. The molecule has 0 spiro atoms.